The second-order valence-electron chi connectivity index (χ2n) is 8.76. The van der Waals surface area contributed by atoms with Gasteiger partial charge in [-0.2, -0.15) is 0 Å². The van der Waals surface area contributed by atoms with Crippen molar-refractivity contribution >= 4 is 11.0 Å². The quantitative estimate of drug-likeness (QED) is 0.681. The molecule has 0 amide bonds. The van der Waals surface area contributed by atoms with Gasteiger partial charge in [-0.05, 0) is 58.7 Å². The summed E-state index contributed by atoms with van der Waals surface area (Å²) in [5, 5.41) is 3.63. The SMILES string of the molecule is CC1(C)CC(n2c(=O)c(=O)[nH]c3ccc(-n4ccnc4)cc32)CC(C)(C)N1. The highest BCUT2D eigenvalue weighted by molar-refractivity contribution is 5.77. The van der Waals surface area contributed by atoms with Gasteiger partial charge < -0.3 is 14.9 Å². The van der Waals surface area contributed by atoms with Crippen molar-refractivity contribution in [1.29, 1.82) is 0 Å². The summed E-state index contributed by atoms with van der Waals surface area (Å²) in [6.07, 6.45) is 6.81. The molecule has 0 aliphatic carbocycles. The van der Waals surface area contributed by atoms with E-state index in [4.69, 9.17) is 0 Å². The first-order valence-electron chi connectivity index (χ1n) is 9.22. The number of nitrogens with one attached hydrogen (secondary N) is 2. The first-order valence-corrected chi connectivity index (χ1v) is 9.22. The molecule has 2 N–H and O–H groups in total. The first-order chi connectivity index (χ1) is 12.7. The minimum atomic E-state index is -0.577. The van der Waals surface area contributed by atoms with E-state index in [1.165, 1.54) is 0 Å². The molecule has 2 aromatic heterocycles. The van der Waals surface area contributed by atoms with Gasteiger partial charge in [0.1, 0.15) is 0 Å². The van der Waals surface area contributed by atoms with Gasteiger partial charge >= 0.3 is 11.1 Å². The van der Waals surface area contributed by atoms with Crippen molar-refractivity contribution in [1.82, 2.24) is 24.4 Å². The number of benzene rings is 1. The van der Waals surface area contributed by atoms with Crippen molar-refractivity contribution in [2.45, 2.75) is 57.7 Å². The van der Waals surface area contributed by atoms with E-state index in [9.17, 15) is 9.59 Å². The second-order valence-corrected chi connectivity index (χ2v) is 8.76. The molecular formula is C20H25N5O2. The van der Waals surface area contributed by atoms with Gasteiger partial charge in [-0.15, -0.1) is 0 Å². The van der Waals surface area contributed by atoms with E-state index in [1.54, 1.807) is 17.1 Å². The number of aromatic amines is 1. The van der Waals surface area contributed by atoms with Gasteiger partial charge in [0, 0.05) is 35.2 Å². The minimum absolute atomic E-state index is 0.0633. The lowest BCUT2D eigenvalue weighted by molar-refractivity contribution is 0.132. The number of hydrogen-bond donors (Lipinski definition) is 2. The number of nitrogens with zero attached hydrogens (tertiary/aromatic N) is 3. The Labute approximate surface area is 157 Å². The highest BCUT2D eigenvalue weighted by Crippen LogP contribution is 2.36. The second kappa shape index (κ2) is 5.92. The van der Waals surface area contributed by atoms with Crippen LogP contribution in [0.2, 0.25) is 0 Å². The molecule has 27 heavy (non-hydrogen) atoms. The maximum atomic E-state index is 12.9. The van der Waals surface area contributed by atoms with Gasteiger partial charge in [-0.1, -0.05) is 0 Å². The fourth-order valence-electron chi connectivity index (χ4n) is 4.61. The molecule has 1 aliphatic heterocycles. The van der Waals surface area contributed by atoms with Crippen LogP contribution in [0.3, 0.4) is 0 Å². The zero-order valence-corrected chi connectivity index (χ0v) is 16.1. The van der Waals surface area contributed by atoms with Crippen LogP contribution in [-0.2, 0) is 0 Å². The van der Waals surface area contributed by atoms with E-state index in [2.05, 4.69) is 43.0 Å². The summed E-state index contributed by atoms with van der Waals surface area (Å²) < 4.78 is 3.58. The topological polar surface area (TPSA) is 84.7 Å². The lowest BCUT2D eigenvalue weighted by atomic mass is 9.79. The fourth-order valence-corrected chi connectivity index (χ4v) is 4.61. The van der Waals surface area contributed by atoms with Gasteiger partial charge in [0.05, 0.1) is 17.4 Å². The Morgan fingerprint density at radius 3 is 2.44 bits per heavy atom. The van der Waals surface area contributed by atoms with Crippen LogP contribution >= 0.6 is 0 Å². The van der Waals surface area contributed by atoms with Gasteiger partial charge in [0.25, 0.3) is 0 Å². The van der Waals surface area contributed by atoms with Gasteiger partial charge in [0.15, 0.2) is 0 Å². The largest absolute Gasteiger partial charge is 0.316 e. The zero-order chi connectivity index (χ0) is 19.4. The van der Waals surface area contributed by atoms with Crippen molar-refractivity contribution in [2.24, 2.45) is 0 Å². The Bertz CT molecular complexity index is 1090. The average Bonchev–Trinajstić information content (AvgIpc) is 3.07. The standard InChI is InChI=1S/C20H25N5O2/c1-19(2)10-14(11-20(3,4)23-19)25-16-9-13(24-8-7-21-12-24)5-6-15(16)22-17(26)18(25)27/h5-9,12,14,23H,10-11H2,1-4H3,(H,22,26). The highest BCUT2D eigenvalue weighted by atomic mass is 16.2. The number of hydrogen-bond acceptors (Lipinski definition) is 4. The molecule has 0 atom stereocenters. The van der Waals surface area contributed by atoms with Crippen molar-refractivity contribution in [2.75, 3.05) is 0 Å². The Kier molecular flexibility index (Phi) is 3.89. The van der Waals surface area contributed by atoms with E-state index in [0.717, 1.165) is 24.0 Å². The predicted octanol–water partition coefficient (Wildman–Crippen LogP) is 2.36. The molecule has 7 nitrogen and oxygen atoms in total. The number of rotatable bonds is 2. The molecule has 1 fully saturated rings. The molecule has 0 bridgehead atoms. The molecule has 3 aromatic rings. The molecule has 0 saturated carbocycles. The molecule has 0 spiro atoms. The normalized spacial score (nSPS) is 19.4. The van der Waals surface area contributed by atoms with Crippen molar-refractivity contribution in [3.05, 3.63) is 57.6 Å². The van der Waals surface area contributed by atoms with Crippen LogP contribution in [0.4, 0.5) is 0 Å². The third-order valence-corrected chi connectivity index (χ3v) is 5.24. The van der Waals surface area contributed by atoms with Crippen molar-refractivity contribution in [3.8, 4) is 5.69 Å². The summed E-state index contributed by atoms with van der Waals surface area (Å²) in [5.74, 6) is 0. The molecule has 1 saturated heterocycles. The van der Waals surface area contributed by atoms with Crippen molar-refractivity contribution in [3.63, 3.8) is 0 Å². The van der Waals surface area contributed by atoms with Crippen LogP contribution in [0, 0.1) is 0 Å². The summed E-state index contributed by atoms with van der Waals surface area (Å²) in [4.78, 5) is 32.0. The van der Waals surface area contributed by atoms with E-state index in [-0.39, 0.29) is 17.1 Å². The molecule has 1 aliphatic rings. The van der Waals surface area contributed by atoms with Crippen LogP contribution in [0.5, 0.6) is 0 Å². The molecule has 7 heteroatoms. The maximum absolute atomic E-state index is 12.9. The summed E-state index contributed by atoms with van der Waals surface area (Å²) in [5.41, 5.74) is 0.955. The molecule has 142 valence electrons. The third kappa shape index (κ3) is 3.23. The molecule has 4 rings (SSSR count). The number of H-pyrrole nitrogens is 1. The number of fused-ring (bicyclic) bond motifs is 1. The Morgan fingerprint density at radius 1 is 1.11 bits per heavy atom. The zero-order valence-electron chi connectivity index (χ0n) is 16.1. The molecule has 0 unspecified atom stereocenters. The lowest BCUT2D eigenvalue weighted by Crippen LogP contribution is -2.59. The lowest BCUT2D eigenvalue weighted by Gasteiger charge is -2.47. The van der Waals surface area contributed by atoms with E-state index < -0.39 is 11.1 Å². The molecule has 0 radical (unpaired) electrons. The Morgan fingerprint density at radius 2 is 1.81 bits per heavy atom. The average molecular weight is 367 g/mol. The van der Waals surface area contributed by atoms with Crippen LogP contribution < -0.4 is 16.4 Å². The molecular weight excluding hydrogens is 342 g/mol. The Balaban J connectivity index is 1.95. The smallest absolute Gasteiger partial charge is 0.316 e. The van der Waals surface area contributed by atoms with Crippen LogP contribution in [0.25, 0.3) is 16.7 Å². The monoisotopic (exact) mass is 367 g/mol. The predicted molar refractivity (Wildman–Crippen MR) is 106 cm³/mol. The van der Waals surface area contributed by atoms with E-state index in [0.29, 0.717) is 5.52 Å². The van der Waals surface area contributed by atoms with Gasteiger partial charge in [0.2, 0.25) is 0 Å². The fraction of sp³-hybridized carbons (Fsp3) is 0.450. The first kappa shape index (κ1) is 17.7. The highest BCUT2D eigenvalue weighted by Gasteiger charge is 2.39. The van der Waals surface area contributed by atoms with Crippen molar-refractivity contribution < 1.29 is 0 Å². The number of piperidine rings is 1. The Hall–Kier alpha value is -2.67. The summed E-state index contributed by atoms with van der Waals surface area (Å²) >= 11 is 0. The van der Waals surface area contributed by atoms with Gasteiger partial charge in [-0.3, -0.25) is 14.2 Å². The molecule has 3 heterocycles. The summed E-state index contributed by atoms with van der Waals surface area (Å²) in [6.45, 7) is 8.55. The van der Waals surface area contributed by atoms with E-state index >= 15 is 0 Å². The third-order valence-electron chi connectivity index (χ3n) is 5.24. The maximum Gasteiger partial charge on any atom is 0.316 e. The van der Waals surface area contributed by atoms with Crippen LogP contribution in [0.15, 0.2) is 46.5 Å². The minimum Gasteiger partial charge on any atom is -0.316 e. The molecule has 1 aromatic carbocycles. The summed E-state index contributed by atoms with van der Waals surface area (Å²) in [6, 6.07) is 5.63. The number of imidazole rings is 1. The van der Waals surface area contributed by atoms with Crippen LogP contribution in [-0.4, -0.2) is 30.2 Å². The number of aromatic nitrogens is 4. The summed E-state index contributed by atoms with van der Waals surface area (Å²) in [7, 11) is 0. The van der Waals surface area contributed by atoms with E-state index in [1.807, 2.05) is 29.0 Å². The van der Waals surface area contributed by atoms with Gasteiger partial charge in [-0.25, -0.2) is 4.98 Å². The van der Waals surface area contributed by atoms with Crippen LogP contribution in [0.1, 0.15) is 46.6 Å².